The highest BCUT2D eigenvalue weighted by Crippen LogP contribution is 2.32. The van der Waals surface area contributed by atoms with E-state index in [1.807, 2.05) is 0 Å². The van der Waals surface area contributed by atoms with E-state index in [0.717, 1.165) is 19.0 Å². The zero-order chi connectivity index (χ0) is 9.84. The minimum absolute atomic E-state index is 0.330. The summed E-state index contributed by atoms with van der Waals surface area (Å²) in [6.45, 7) is 4.28. The summed E-state index contributed by atoms with van der Waals surface area (Å²) in [6, 6.07) is 0. The Hall–Kier alpha value is 0.210. The van der Waals surface area contributed by atoms with Crippen molar-refractivity contribution < 1.29 is 4.74 Å². The molecule has 13 heavy (non-hydrogen) atoms. The molecule has 0 N–H and O–H groups in total. The maximum Gasteiger partial charge on any atom is 0.0669 e. The molecule has 2 nitrogen and oxygen atoms in total. The molecule has 3 heteroatoms. The van der Waals surface area contributed by atoms with Gasteiger partial charge in [-0.25, -0.2) is 0 Å². The summed E-state index contributed by atoms with van der Waals surface area (Å²) < 4.78 is 5.21. The Bertz CT molecular complexity index is 148. The number of hydrogen-bond acceptors (Lipinski definition) is 2. The lowest BCUT2D eigenvalue weighted by Gasteiger charge is -2.34. The summed E-state index contributed by atoms with van der Waals surface area (Å²) in [5.74, 6) is 0.816. The minimum atomic E-state index is 0.330. The van der Waals surface area contributed by atoms with Gasteiger partial charge in [0.05, 0.1) is 6.10 Å². The number of alkyl halides is 1. The van der Waals surface area contributed by atoms with Crippen LogP contribution in [0.25, 0.3) is 0 Å². The second-order valence-electron chi connectivity index (χ2n) is 4.20. The van der Waals surface area contributed by atoms with Gasteiger partial charge in [-0.15, -0.1) is 11.6 Å². The summed E-state index contributed by atoms with van der Waals surface area (Å²) in [5, 5.41) is 0.443. The quantitative estimate of drug-likeness (QED) is 0.637. The van der Waals surface area contributed by atoms with E-state index in [2.05, 4.69) is 18.9 Å². The van der Waals surface area contributed by atoms with Crippen LogP contribution in [0.5, 0.6) is 0 Å². The average molecular weight is 206 g/mol. The van der Waals surface area contributed by atoms with Gasteiger partial charge in [-0.1, -0.05) is 0 Å². The van der Waals surface area contributed by atoms with E-state index >= 15 is 0 Å². The van der Waals surface area contributed by atoms with Crippen LogP contribution in [0.3, 0.4) is 0 Å². The van der Waals surface area contributed by atoms with Crippen LogP contribution in [0.15, 0.2) is 0 Å². The first kappa shape index (κ1) is 11.3. The summed E-state index contributed by atoms with van der Waals surface area (Å²) in [4.78, 5) is 2.33. The molecule has 0 aromatic heterocycles. The van der Waals surface area contributed by atoms with E-state index in [4.69, 9.17) is 16.3 Å². The van der Waals surface area contributed by atoms with Gasteiger partial charge in [-0.2, -0.15) is 0 Å². The molecule has 1 saturated carbocycles. The van der Waals surface area contributed by atoms with Crippen molar-refractivity contribution in [2.45, 2.75) is 31.2 Å². The Kier molecular flexibility index (Phi) is 4.50. The van der Waals surface area contributed by atoms with Crippen LogP contribution in [0, 0.1) is 5.92 Å². The second-order valence-corrected chi connectivity index (χ2v) is 4.82. The van der Waals surface area contributed by atoms with E-state index in [-0.39, 0.29) is 0 Å². The molecule has 0 amide bonds. The molecule has 0 bridgehead atoms. The van der Waals surface area contributed by atoms with Crippen molar-refractivity contribution in [2.24, 2.45) is 5.92 Å². The summed E-state index contributed by atoms with van der Waals surface area (Å²) >= 11 is 5.92. The highest BCUT2D eigenvalue weighted by molar-refractivity contribution is 6.21. The monoisotopic (exact) mass is 205 g/mol. The first-order chi connectivity index (χ1) is 6.11. The standard InChI is InChI=1S/C10H20ClNO/c1-8(13-3)6-12(2)7-9-4-10(11)5-9/h8-10H,4-7H2,1-3H3. The van der Waals surface area contributed by atoms with E-state index in [9.17, 15) is 0 Å². The third-order valence-corrected chi connectivity index (χ3v) is 3.08. The van der Waals surface area contributed by atoms with E-state index in [0.29, 0.717) is 11.5 Å². The number of hydrogen-bond donors (Lipinski definition) is 0. The summed E-state index contributed by atoms with van der Waals surface area (Å²) in [6.07, 6.45) is 2.71. The lowest BCUT2D eigenvalue weighted by Crippen LogP contribution is -2.38. The largest absolute Gasteiger partial charge is 0.380 e. The molecule has 0 spiro atoms. The minimum Gasteiger partial charge on any atom is -0.380 e. The third kappa shape index (κ3) is 3.84. The van der Waals surface area contributed by atoms with Gasteiger partial charge in [0.25, 0.3) is 0 Å². The zero-order valence-electron chi connectivity index (χ0n) is 8.79. The molecule has 1 rings (SSSR count). The fraction of sp³-hybridized carbons (Fsp3) is 1.00. The average Bonchev–Trinajstić information content (AvgIpc) is 2.01. The van der Waals surface area contributed by atoms with Crippen molar-refractivity contribution in [3.8, 4) is 0 Å². The molecule has 1 fully saturated rings. The number of likely N-dealkylation sites (N-methyl/N-ethyl adjacent to an activating group) is 1. The van der Waals surface area contributed by atoms with Crippen molar-refractivity contribution >= 4 is 11.6 Å². The van der Waals surface area contributed by atoms with Gasteiger partial charge in [0.15, 0.2) is 0 Å². The van der Waals surface area contributed by atoms with Crippen LogP contribution in [0.4, 0.5) is 0 Å². The van der Waals surface area contributed by atoms with Crippen molar-refractivity contribution in [1.82, 2.24) is 4.90 Å². The van der Waals surface area contributed by atoms with Gasteiger partial charge in [-0.05, 0) is 32.7 Å². The van der Waals surface area contributed by atoms with Crippen LogP contribution in [-0.4, -0.2) is 43.6 Å². The normalized spacial score (nSPS) is 30.2. The number of methoxy groups -OCH3 is 1. The Balaban J connectivity index is 2.07. The maximum absolute atomic E-state index is 5.92. The molecule has 0 heterocycles. The molecule has 1 atom stereocenters. The topological polar surface area (TPSA) is 12.5 Å². The highest BCUT2D eigenvalue weighted by atomic mass is 35.5. The van der Waals surface area contributed by atoms with Gasteiger partial charge in [0.1, 0.15) is 0 Å². The molecule has 78 valence electrons. The number of halogens is 1. The molecule has 1 unspecified atom stereocenters. The van der Waals surface area contributed by atoms with Crippen molar-refractivity contribution in [1.29, 1.82) is 0 Å². The van der Waals surface area contributed by atoms with E-state index < -0.39 is 0 Å². The molecule has 0 aliphatic heterocycles. The third-order valence-electron chi connectivity index (χ3n) is 2.72. The fourth-order valence-corrected chi connectivity index (χ4v) is 2.34. The Labute approximate surface area is 86.2 Å². The van der Waals surface area contributed by atoms with E-state index in [1.54, 1.807) is 7.11 Å². The summed E-state index contributed by atoms with van der Waals surface area (Å²) in [7, 11) is 3.91. The molecular formula is C10H20ClNO. The summed E-state index contributed by atoms with van der Waals surface area (Å²) in [5.41, 5.74) is 0. The molecule has 0 radical (unpaired) electrons. The van der Waals surface area contributed by atoms with Gasteiger partial charge in [0.2, 0.25) is 0 Å². The van der Waals surface area contributed by atoms with Crippen LogP contribution >= 0.6 is 11.6 Å². The SMILES string of the molecule is COC(C)CN(C)CC1CC(Cl)C1. The van der Waals surface area contributed by atoms with Crippen molar-refractivity contribution in [3.63, 3.8) is 0 Å². The molecular weight excluding hydrogens is 186 g/mol. The number of nitrogens with zero attached hydrogens (tertiary/aromatic N) is 1. The lowest BCUT2D eigenvalue weighted by molar-refractivity contribution is 0.0752. The maximum atomic E-state index is 5.92. The molecule has 1 aliphatic carbocycles. The van der Waals surface area contributed by atoms with Crippen LogP contribution in [0.2, 0.25) is 0 Å². The predicted octanol–water partition coefficient (Wildman–Crippen LogP) is 1.97. The first-order valence-corrected chi connectivity index (χ1v) is 5.41. The van der Waals surface area contributed by atoms with Gasteiger partial charge < -0.3 is 9.64 Å². The van der Waals surface area contributed by atoms with Gasteiger partial charge >= 0.3 is 0 Å². The Morgan fingerprint density at radius 1 is 1.54 bits per heavy atom. The van der Waals surface area contributed by atoms with E-state index in [1.165, 1.54) is 12.8 Å². The Morgan fingerprint density at radius 3 is 2.62 bits per heavy atom. The molecule has 0 saturated heterocycles. The highest BCUT2D eigenvalue weighted by Gasteiger charge is 2.27. The van der Waals surface area contributed by atoms with Crippen LogP contribution in [-0.2, 0) is 4.74 Å². The molecule has 0 aromatic rings. The number of ether oxygens (including phenoxy) is 1. The lowest BCUT2D eigenvalue weighted by atomic mass is 9.84. The van der Waals surface area contributed by atoms with Crippen LogP contribution in [0.1, 0.15) is 19.8 Å². The smallest absolute Gasteiger partial charge is 0.0669 e. The van der Waals surface area contributed by atoms with Crippen molar-refractivity contribution in [3.05, 3.63) is 0 Å². The second kappa shape index (κ2) is 5.18. The van der Waals surface area contributed by atoms with Crippen molar-refractivity contribution in [2.75, 3.05) is 27.2 Å². The zero-order valence-corrected chi connectivity index (χ0v) is 9.55. The fourth-order valence-electron chi connectivity index (χ4n) is 1.83. The first-order valence-electron chi connectivity index (χ1n) is 4.97. The number of rotatable bonds is 5. The molecule has 1 aliphatic rings. The Morgan fingerprint density at radius 2 is 2.15 bits per heavy atom. The molecule has 0 aromatic carbocycles. The predicted molar refractivity (Wildman–Crippen MR) is 56.3 cm³/mol. The van der Waals surface area contributed by atoms with Gasteiger partial charge in [0, 0.05) is 25.6 Å². The van der Waals surface area contributed by atoms with Crippen LogP contribution < -0.4 is 0 Å². The van der Waals surface area contributed by atoms with Gasteiger partial charge in [-0.3, -0.25) is 0 Å².